The summed E-state index contributed by atoms with van der Waals surface area (Å²) in [7, 11) is 0. The SMILES string of the molecule is CCn1cc(C(=O)O)c(=O)c2cc(F)c(N3CCN(C(=O)c4cccc5ccccc45)CC3)cc21. The summed E-state index contributed by atoms with van der Waals surface area (Å²) in [5.74, 6) is -1.98. The molecule has 7 nitrogen and oxygen atoms in total. The second-order valence-electron chi connectivity index (χ2n) is 8.59. The van der Waals surface area contributed by atoms with Gasteiger partial charge in [0.2, 0.25) is 5.43 Å². The van der Waals surface area contributed by atoms with Crippen molar-refractivity contribution in [2.45, 2.75) is 13.5 Å². The summed E-state index contributed by atoms with van der Waals surface area (Å²) in [6, 6.07) is 16.2. The Balaban J connectivity index is 1.42. The number of benzene rings is 3. The molecule has 1 aliphatic rings. The van der Waals surface area contributed by atoms with Crippen molar-refractivity contribution in [2.75, 3.05) is 31.1 Å². The summed E-state index contributed by atoms with van der Waals surface area (Å²) in [6.07, 6.45) is 1.30. The monoisotopic (exact) mass is 473 g/mol. The van der Waals surface area contributed by atoms with Crippen molar-refractivity contribution in [3.8, 4) is 0 Å². The average molecular weight is 474 g/mol. The number of carbonyl (C=O) groups excluding carboxylic acids is 1. The second-order valence-corrected chi connectivity index (χ2v) is 8.59. The molecule has 5 rings (SSSR count). The van der Waals surface area contributed by atoms with Crippen molar-refractivity contribution in [2.24, 2.45) is 0 Å². The van der Waals surface area contributed by atoms with E-state index in [1.165, 1.54) is 6.20 Å². The summed E-state index contributed by atoms with van der Waals surface area (Å²) < 4.78 is 16.8. The molecule has 178 valence electrons. The Morgan fingerprint density at radius 3 is 2.37 bits per heavy atom. The third-order valence-corrected chi connectivity index (χ3v) is 6.65. The van der Waals surface area contributed by atoms with Crippen molar-refractivity contribution in [3.63, 3.8) is 0 Å². The predicted octanol–water partition coefficient (Wildman–Crippen LogP) is 3.97. The maximum atomic E-state index is 15.1. The molecule has 0 spiro atoms. The van der Waals surface area contributed by atoms with Crippen LogP contribution in [-0.2, 0) is 6.54 Å². The van der Waals surface area contributed by atoms with Crippen LogP contribution in [0.4, 0.5) is 10.1 Å². The Hall–Kier alpha value is -4.20. The predicted molar refractivity (Wildman–Crippen MR) is 133 cm³/mol. The topological polar surface area (TPSA) is 82.8 Å². The van der Waals surface area contributed by atoms with Gasteiger partial charge in [0.15, 0.2) is 0 Å². The third-order valence-electron chi connectivity index (χ3n) is 6.65. The Bertz CT molecular complexity index is 1530. The number of carboxylic acids is 1. The van der Waals surface area contributed by atoms with Crippen LogP contribution in [0, 0.1) is 5.82 Å². The lowest BCUT2D eigenvalue weighted by Gasteiger charge is -2.36. The Labute approximate surface area is 200 Å². The third kappa shape index (κ3) is 3.90. The number of hydrogen-bond donors (Lipinski definition) is 1. The van der Waals surface area contributed by atoms with E-state index < -0.39 is 17.2 Å². The number of rotatable bonds is 4. The molecule has 1 saturated heterocycles. The average Bonchev–Trinajstić information content (AvgIpc) is 2.88. The summed E-state index contributed by atoms with van der Waals surface area (Å²) in [5, 5.41) is 11.3. The molecule has 1 N–H and O–H groups in total. The Kier molecular flexibility index (Phi) is 5.72. The van der Waals surface area contributed by atoms with Crippen molar-refractivity contribution in [1.82, 2.24) is 9.47 Å². The molecular formula is C27H24FN3O4. The molecule has 8 heteroatoms. The van der Waals surface area contributed by atoms with Crippen LogP contribution in [0.25, 0.3) is 21.7 Å². The van der Waals surface area contributed by atoms with E-state index in [0.717, 1.165) is 16.8 Å². The number of carboxylic acid groups (broad SMARTS) is 1. The second kappa shape index (κ2) is 8.87. The lowest BCUT2D eigenvalue weighted by molar-refractivity contribution is 0.0693. The molecule has 1 amide bonds. The molecule has 0 atom stereocenters. The fourth-order valence-corrected chi connectivity index (χ4v) is 4.79. The lowest BCUT2D eigenvalue weighted by Crippen LogP contribution is -2.49. The maximum Gasteiger partial charge on any atom is 0.341 e. The van der Waals surface area contributed by atoms with Crippen molar-refractivity contribution >= 4 is 39.2 Å². The van der Waals surface area contributed by atoms with Crippen LogP contribution < -0.4 is 10.3 Å². The van der Waals surface area contributed by atoms with Gasteiger partial charge in [-0.2, -0.15) is 0 Å². The number of halogens is 1. The van der Waals surface area contributed by atoms with Crippen LogP contribution >= 0.6 is 0 Å². The zero-order chi connectivity index (χ0) is 24.7. The normalized spacial score (nSPS) is 14.0. The fourth-order valence-electron chi connectivity index (χ4n) is 4.79. The van der Waals surface area contributed by atoms with Gasteiger partial charge in [0.25, 0.3) is 5.91 Å². The number of fused-ring (bicyclic) bond motifs is 2. The highest BCUT2D eigenvalue weighted by Crippen LogP contribution is 2.27. The number of carbonyl (C=O) groups is 2. The minimum absolute atomic E-state index is 0.0396. The number of nitrogens with zero attached hydrogens (tertiary/aromatic N) is 3. The van der Waals surface area contributed by atoms with Gasteiger partial charge in [0.1, 0.15) is 11.4 Å². The molecular weight excluding hydrogens is 449 g/mol. The molecule has 1 aliphatic heterocycles. The Morgan fingerprint density at radius 2 is 1.66 bits per heavy atom. The molecule has 0 saturated carbocycles. The van der Waals surface area contributed by atoms with Gasteiger partial charge >= 0.3 is 5.97 Å². The van der Waals surface area contributed by atoms with Crippen LogP contribution in [0.15, 0.2) is 65.6 Å². The number of piperazine rings is 1. The summed E-state index contributed by atoms with van der Waals surface area (Å²) in [4.78, 5) is 40.9. The molecule has 3 aromatic carbocycles. The van der Waals surface area contributed by atoms with E-state index in [9.17, 15) is 19.5 Å². The maximum absolute atomic E-state index is 15.1. The number of aryl methyl sites for hydroxylation is 1. The summed E-state index contributed by atoms with van der Waals surface area (Å²) >= 11 is 0. The van der Waals surface area contributed by atoms with E-state index in [4.69, 9.17) is 0 Å². The minimum Gasteiger partial charge on any atom is -0.477 e. The Morgan fingerprint density at radius 1 is 0.943 bits per heavy atom. The molecule has 1 aromatic heterocycles. The number of anilines is 1. The molecule has 2 heterocycles. The van der Waals surface area contributed by atoms with Gasteiger partial charge in [0.05, 0.1) is 11.2 Å². The van der Waals surface area contributed by atoms with Crippen LogP contribution in [0.1, 0.15) is 27.6 Å². The molecule has 0 radical (unpaired) electrons. The molecule has 0 aliphatic carbocycles. The van der Waals surface area contributed by atoms with Gasteiger partial charge in [-0.25, -0.2) is 9.18 Å². The standard InChI is InChI=1S/C27H24FN3O4/c1-2-29-16-21(27(34)35)25(32)20-14-22(28)24(15-23(20)29)30-10-12-31(13-11-30)26(33)19-9-5-7-17-6-3-4-8-18(17)19/h3-9,14-16H,2,10-13H2,1H3,(H,34,35). The van der Waals surface area contributed by atoms with Crippen molar-refractivity contribution < 1.29 is 19.1 Å². The lowest BCUT2D eigenvalue weighted by atomic mass is 10.0. The molecule has 1 fully saturated rings. The highest BCUT2D eigenvalue weighted by Gasteiger charge is 2.26. The first kappa shape index (κ1) is 22.6. The smallest absolute Gasteiger partial charge is 0.341 e. The summed E-state index contributed by atoms with van der Waals surface area (Å²) in [6.45, 7) is 3.98. The van der Waals surface area contributed by atoms with E-state index >= 15 is 4.39 Å². The zero-order valence-corrected chi connectivity index (χ0v) is 19.2. The van der Waals surface area contributed by atoms with E-state index in [1.807, 2.05) is 54.3 Å². The molecule has 0 unspecified atom stereocenters. The highest BCUT2D eigenvalue weighted by atomic mass is 19.1. The number of hydrogen-bond acceptors (Lipinski definition) is 4. The number of aromatic carboxylic acids is 1. The largest absolute Gasteiger partial charge is 0.477 e. The van der Waals surface area contributed by atoms with Crippen LogP contribution in [0.5, 0.6) is 0 Å². The number of aromatic nitrogens is 1. The van der Waals surface area contributed by atoms with E-state index in [1.54, 1.807) is 15.5 Å². The highest BCUT2D eigenvalue weighted by molar-refractivity contribution is 6.07. The molecule has 4 aromatic rings. The van der Waals surface area contributed by atoms with Gasteiger partial charge in [-0.1, -0.05) is 36.4 Å². The van der Waals surface area contributed by atoms with E-state index in [-0.39, 0.29) is 16.9 Å². The first-order valence-corrected chi connectivity index (χ1v) is 11.5. The van der Waals surface area contributed by atoms with E-state index in [2.05, 4.69) is 0 Å². The van der Waals surface area contributed by atoms with Crippen LogP contribution in [0.3, 0.4) is 0 Å². The number of pyridine rings is 1. The molecule has 35 heavy (non-hydrogen) atoms. The van der Waals surface area contributed by atoms with E-state index in [0.29, 0.717) is 49.5 Å². The fraction of sp³-hybridized carbons (Fsp3) is 0.222. The van der Waals surface area contributed by atoms with Gasteiger partial charge < -0.3 is 19.5 Å². The zero-order valence-electron chi connectivity index (χ0n) is 19.2. The van der Waals surface area contributed by atoms with Crippen molar-refractivity contribution in [3.05, 3.63) is 88.0 Å². The van der Waals surface area contributed by atoms with Crippen LogP contribution in [-0.4, -0.2) is 52.6 Å². The summed E-state index contributed by atoms with van der Waals surface area (Å²) in [5.41, 5.74) is 0.377. The molecule has 0 bridgehead atoms. The van der Waals surface area contributed by atoms with Crippen LogP contribution in [0.2, 0.25) is 0 Å². The number of amides is 1. The van der Waals surface area contributed by atoms with Gasteiger partial charge in [-0.05, 0) is 35.9 Å². The first-order chi connectivity index (χ1) is 16.9. The first-order valence-electron chi connectivity index (χ1n) is 11.5. The minimum atomic E-state index is -1.34. The van der Waals surface area contributed by atoms with Gasteiger partial charge in [-0.3, -0.25) is 9.59 Å². The quantitative estimate of drug-likeness (QED) is 0.485. The van der Waals surface area contributed by atoms with Gasteiger partial charge in [-0.15, -0.1) is 0 Å². The van der Waals surface area contributed by atoms with Crippen molar-refractivity contribution in [1.29, 1.82) is 0 Å². The van der Waals surface area contributed by atoms with Gasteiger partial charge in [0, 0.05) is 49.9 Å².